The molecule has 1 aromatic carbocycles. The number of rotatable bonds is 10. The fourth-order valence-electron chi connectivity index (χ4n) is 3.26. The molecule has 0 aliphatic carbocycles. The number of benzene rings is 1. The van der Waals surface area contributed by atoms with E-state index >= 15 is 0 Å². The van der Waals surface area contributed by atoms with E-state index in [2.05, 4.69) is 34.6 Å². The van der Waals surface area contributed by atoms with Crippen molar-refractivity contribution < 1.29 is 9.47 Å². The largest absolute Gasteiger partial charge is 0.497 e. The molecular weight excluding hydrogens is 455 g/mol. The van der Waals surface area contributed by atoms with Gasteiger partial charge in [0.2, 0.25) is 0 Å². The highest BCUT2D eigenvalue weighted by molar-refractivity contribution is 14.0. The standard InChI is InChI=1S/C20H34N4O2.HI/c1-4-21-20(22-12-11-17-7-9-19(26-3)10-8-17)23-16-18-6-5-13-24(18)14-15-25-2;/h7-10,18H,4-6,11-16H2,1-3H3,(H2,21,22,23);1H. The van der Waals surface area contributed by atoms with Crippen molar-refractivity contribution in [2.75, 3.05) is 53.6 Å². The van der Waals surface area contributed by atoms with E-state index in [1.54, 1.807) is 14.2 Å². The summed E-state index contributed by atoms with van der Waals surface area (Å²) in [5.41, 5.74) is 1.29. The average molecular weight is 490 g/mol. The monoisotopic (exact) mass is 490 g/mol. The summed E-state index contributed by atoms with van der Waals surface area (Å²) in [6, 6.07) is 8.75. The predicted molar refractivity (Wildman–Crippen MR) is 123 cm³/mol. The third-order valence-corrected chi connectivity index (χ3v) is 4.75. The summed E-state index contributed by atoms with van der Waals surface area (Å²) in [5.74, 6) is 1.80. The van der Waals surface area contributed by atoms with Gasteiger partial charge in [0, 0.05) is 32.8 Å². The van der Waals surface area contributed by atoms with Gasteiger partial charge in [0.1, 0.15) is 5.75 Å². The Bertz CT molecular complexity index is 539. The molecule has 2 rings (SSSR count). The van der Waals surface area contributed by atoms with Crippen molar-refractivity contribution in [3.05, 3.63) is 29.8 Å². The van der Waals surface area contributed by atoms with Gasteiger partial charge in [0.15, 0.2) is 5.96 Å². The summed E-state index contributed by atoms with van der Waals surface area (Å²) < 4.78 is 10.4. The van der Waals surface area contributed by atoms with Gasteiger partial charge in [0.05, 0.1) is 20.3 Å². The van der Waals surface area contributed by atoms with E-state index in [1.807, 2.05) is 12.1 Å². The van der Waals surface area contributed by atoms with Gasteiger partial charge in [-0.2, -0.15) is 0 Å². The second kappa shape index (κ2) is 14.0. The highest BCUT2D eigenvalue weighted by Gasteiger charge is 2.23. The highest BCUT2D eigenvalue weighted by atomic mass is 127. The van der Waals surface area contributed by atoms with E-state index in [-0.39, 0.29) is 24.0 Å². The van der Waals surface area contributed by atoms with Crippen LogP contribution in [0.2, 0.25) is 0 Å². The first-order chi connectivity index (χ1) is 12.8. The molecule has 0 bridgehead atoms. The van der Waals surface area contributed by atoms with Crippen LogP contribution in [-0.4, -0.2) is 70.5 Å². The lowest BCUT2D eigenvalue weighted by molar-refractivity contribution is 0.142. The summed E-state index contributed by atoms with van der Waals surface area (Å²) >= 11 is 0. The minimum Gasteiger partial charge on any atom is -0.497 e. The molecule has 154 valence electrons. The molecule has 6 nitrogen and oxygen atoms in total. The van der Waals surface area contributed by atoms with Gasteiger partial charge in [-0.1, -0.05) is 12.1 Å². The van der Waals surface area contributed by atoms with Crippen molar-refractivity contribution in [2.45, 2.75) is 32.2 Å². The number of nitrogens with one attached hydrogen (secondary N) is 2. The number of hydrogen-bond acceptors (Lipinski definition) is 4. The van der Waals surface area contributed by atoms with Crippen LogP contribution in [0.4, 0.5) is 0 Å². The Morgan fingerprint density at radius 1 is 1.22 bits per heavy atom. The van der Waals surface area contributed by atoms with Crippen LogP contribution in [0, 0.1) is 0 Å². The van der Waals surface area contributed by atoms with E-state index in [9.17, 15) is 0 Å². The topological polar surface area (TPSA) is 58.1 Å². The molecule has 0 saturated carbocycles. The first kappa shape index (κ1) is 24.0. The maximum atomic E-state index is 5.22. The summed E-state index contributed by atoms with van der Waals surface area (Å²) in [6.07, 6.45) is 3.43. The number of methoxy groups -OCH3 is 2. The number of halogens is 1. The van der Waals surface area contributed by atoms with Gasteiger partial charge in [-0.05, 0) is 50.4 Å². The van der Waals surface area contributed by atoms with Crippen LogP contribution >= 0.6 is 24.0 Å². The Morgan fingerprint density at radius 2 is 2.00 bits per heavy atom. The molecule has 0 spiro atoms. The molecule has 0 amide bonds. The zero-order chi connectivity index (χ0) is 18.6. The molecule has 7 heteroatoms. The Hall–Kier alpha value is -1.06. The molecule has 2 N–H and O–H groups in total. The molecule has 27 heavy (non-hydrogen) atoms. The fourth-order valence-corrected chi connectivity index (χ4v) is 3.26. The van der Waals surface area contributed by atoms with Gasteiger partial charge in [-0.15, -0.1) is 24.0 Å². The molecule has 1 unspecified atom stereocenters. The summed E-state index contributed by atoms with van der Waals surface area (Å²) in [4.78, 5) is 7.30. The fraction of sp³-hybridized carbons (Fsp3) is 0.650. The normalized spacial score (nSPS) is 17.4. The summed E-state index contributed by atoms with van der Waals surface area (Å²) in [5, 5.41) is 6.79. The molecule has 1 saturated heterocycles. The molecule has 1 aliphatic rings. The number of aliphatic imine (C=N–C) groups is 1. The number of hydrogen-bond donors (Lipinski definition) is 2. The van der Waals surface area contributed by atoms with Crippen molar-refractivity contribution >= 4 is 29.9 Å². The second-order valence-electron chi connectivity index (χ2n) is 6.57. The van der Waals surface area contributed by atoms with E-state index in [1.165, 1.54) is 18.4 Å². The van der Waals surface area contributed by atoms with Crippen LogP contribution in [0.3, 0.4) is 0 Å². The maximum Gasteiger partial charge on any atom is 0.191 e. The van der Waals surface area contributed by atoms with Gasteiger partial charge < -0.3 is 20.1 Å². The van der Waals surface area contributed by atoms with Crippen molar-refractivity contribution in [2.24, 2.45) is 4.99 Å². The van der Waals surface area contributed by atoms with Crippen LogP contribution in [0.1, 0.15) is 25.3 Å². The quantitative estimate of drug-likeness (QED) is 0.300. The number of ether oxygens (including phenoxy) is 2. The van der Waals surface area contributed by atoms with Gasteiger partial charge in [-0.25, -0.2) is 0 Å². The smallest absolute Gasteiger partial charge is 0.191 e. The first-order valence-corrected chi connectivity index (χ1v) is 9.65. The average Bonchev–Trinajstić information content (AvgIpc) is 3.12. The molecule has 0 aromatic heterocycles. The van der Waals surface area contributed by atoms with Crippen molar-refractivity contribution in [1.82, 2.24) is 15.5 Å². The molecule has 1 heterocycles. The minimum absolute atomic E-state index is 0. The molecular formula is C20H35IN4O2. The van der Waals surface area contributed by atoms with Crippen LogP contribution < -0.4 is 15.4 Å². The Morgan fingerprint density at radius 3 is 2.67 bits per heavy atom. The lowest BCUT2D eigenvalue weighted by Gasteiger charge is -2.23. The van der Waals surface area contributed by atoms with Crippen LogP contribution in [-0.2, 0) is 11.2 Å². The maximum absolute atomic E-state index is 5.22. The molecule has 1 atom stereocenters. The number of guanidine groups is 1. The first-order valence-electron chi connectivity index (χ1n) is 9.65. The number of likely N-dealkylation sites (tertiary alicyclic amines) is 1. The third kappa shape index (κ3) is 8.66. The number of nitrogens with zero attached hydrogens (tertiary/aromatic N) is 2. The van der Waals surface area contributed by atoms with Gasteiger partial charge in [-0.3, -0.25) is 9.89 Å². The summed E-state index contributed by atoms with van der Waals surface area (Å²) in [6.45, 7) is 7.61. The lowest BCUT2D eigenvalue weighted by Crippen LogP contribution is -2.40. The van der Waals surface area contributed by atoms with Crippen LogP contribution in [0.25, 0.3) is 0 Å². The molecule has 1 aromatic rings. The Kier molecular flexibility index (Phi) is 12.4. The summed E-state index contributed by atoms with van der Waals surface area (Å²) in [7, 11) is 3.45. The minimum atomic E-state index is 0. The van der Waals surface area contributed by atoms with Crippen molar-refractivity contribution in [1.29, 1.82) is 0 Å². The highest BCUT2D eigenvalue weighted by Crippen LogP contribution is 2.16. The van der Waals surface area contributed by atoms with Gasteiger partial charge >= 0.3 is 0 Å². The SMILES string of the molecule is CCNC(=NCC1CCCN1CCOC)NCCc1ccc(OC)cc1.I. The Labute approximate surface area is 181 Å². The third-order valence-electron chi connectivity index (χ3n) is 4.75. The second-order valence-corrected chi connectivity index (χ2v) is 6.57. The van der Waals surface area contributed by atoms with E-state index < -0.39 is 0 Å². The van der Waals surface area contributed by atoms with Gasteiger partial charge in [0.25, 0.3) is 0 Å². The molecule has 0 radical (unpaired) electrons. The van der Waals surface area contributed by atoms with Crippen LogP contribution in [0.15, 0.2) is 29.3 Å². The van der Waals surface area contributed by atoms with Crippen molar-refractivity contribution in [3.63, 3.8) is 0 Å². The lowest BCUT2D eigenvalue weighted by atomic mass is 10.1. The van der Waals surface area contributed by atoms with E-state index in [4.69, 9.17) is 14.5 Å². The van der Waals surface area contributed by atoms with Crippen LogP contribution in [0.5, 0.6) is 5.75 Å². The molecule has 1 aliphatic heterocycles. The van der Waals surface area contributed by atoms with E-state index in [0.717, 1.165) is 57.5 Å². The predicted octanol–water partition coefficient (Wildman–Crippen LogP) is 2.52. The van der Waals surface area contributed by atoms with Crippen molar-refractivity contribution in [3.8, 4) is 5.75 Å². The zero-order valence-corrected chi connectivity index (χ0v) is 19.2. The van der Waals surface area contributed by atoms with E-state index in [0.29, 0.717) is 6.04 Å². The zero-order valence-electron chi connectivity index (χ0n) is 16.9. The molecule has 1 fully saturated rings. The Balaban J connectivity index is 0.00000364.